The van der Waals surface area contributed by atoms with Crippen LogP contribution in [0.15, 0.2) is 29.3 Å². The third-order valence-electron chi connectivity index (χ3n) is 3.41. The third kappa shape index (κ3) is 6.83. The molecule has 1 aromatic carbocycles. The van der Waals surface area contributed by atoms with E-state index in [1.807, 2.05) is 24.1 Å². The topological polar surface area (TPSA) is 27.6 Å². The first kappa shape index (κ1) is 18.3. The molecule has 0 aliphatic carbocycles. The number of hydrogen-bond acceptors (Lipinski definition) is 1. The maximum atomic E-state index is 12.1. The summed E-state index contributed by atoms with van der Waals surface area (Å²) in [6, 6.07) is 8.09. The molecule has 1 N–H and O–H groups in total. The highest BCUT2D eigenvalue weighted by Crippen LogP contribution is 2.21. The number of halogens is 3. The van der Waals surface area contributed by atoms with Gasteiger partial charge in [-0.1, -0.05) is 24.3 Å². The van der Waals surface area contributed by atoms with E-state index in [0.29, 0.717) is 25.5 Å². The number of benzene rings is 1. The molecule has 124 valence electrons. The van der Waals surface area contributed by atoms with Crippen LogP contribution in [0.3, 0.4) is 0 Å². The number of alkyl halides is 3. The lowest BCUT2D eigenvalue weighted by molar-refractivity contribution is -0.135. The second kappa shape index (κ2) is 8.66. The van der Waals surface area contributed by atoms with Crippen LogP contribution >= 0.6 is 0 Å². The Morgan fingerprint density at radius 3 is 2.50 bits per heavy atom. The fourth-order valence-electron chi connectivity index (χ4n) is 2.15. The summed E-state index contributed by atoms with van der Waals surface area (Å²) in [5, 5.41) is 3.10. The van der Waals surface area contributed by atoms with Gasteiger partial charge in [0.25, 0.3) is 0 Å². The van der Waals surface area contributed by atoms with E-state index in [0.717, 1.165) is 0 Å². The molecule has 0 aliphatic rings. The van der Waals surface area contributed by atoms with Crippen LogP contribution in [0.1, 0.15) is 30.4 Å². The van der Waals surface area contributed by atoms with E-state index in [9.17, 15) is 13.2 Å². The van der Waals surface area contributed by atoms with Crippen molar-refractivity contribution >= 4 is 5.96 Å². The van der Waals surface area contributed by atoms with Crippen molar-refractivity contribution in [1.29, 1.82) is 0 Å². The van der Waals surface area contributed by atoms with Crippen molar-refractivity contribution < 1.29 is 13.2 Å². The molecule has 0 unspecified atom stereocenters. The number of unbranched alkanes of at least 4 members (excludes halogenated alkanes) is 1. The molecule has 1 aromatic rings. The standard InChI is InChI=1S/C16H24F3N3/c1-13-8-4-5-9-14(13)12-22(3)15(20-2)21-11-7-6-10-16(17,18)19/h4-5,8-9H,6-7,10-12H2,1-3H3,(H,20,21). The van der Waals surface area contributed by atoms with Gasteiger partial charge >= 0.3 is 6.18 Å². The molecule has 0 heterocycles. The average Bonchev–Trinajstić information content (AvgIpc) is 2.44. The fraction of sp³-hybridized carbons (Fsp3) is 0.562. The van der Waals surface area contributed by atoms with Crippen LogP contribution < -0.4 is 5.32 Å². The summed E-state index contributed by atoms with van der Waals surface area (Å²) in [4.78, 5) is 6.13. The third-order valence-corrected chi connectivity index (χ3v) is 3.41. The van der Waals surface area contributed by atoms with E-state index in [-0.39, 0.29) is 6.42 Å². The smallest absolute Gasteiger partial charge is 0.356 e. The lowest BCUT2D eigenvalue weighted by Crippen LogP contribution is -2.39. The van der Waals surface area contributed by atoms with Gasteiger partial charge in [-0.2, -0.15) is 13.2 Å². The van der Waals surface area contributed by atoms with E-state index in [4.69, 9.17) is 0 Å². The first-order valence-electron chi connectivity index (χ1n) is 7.36. The second-order valence-corrected chi connectivity index (χ2v) is 5.33. The molecule has 0 aliphatic heterocycles. The highest BCUT2D eigenvalue weighted by Gasteiger charge is 2.25. The summed E-state index contributed by atoms with van der Waals surface area (Å²) >= 11 is 0. The van der Waals surface area contributed by atoms with Crippen molar-refractivity contribution in [2.75, 3.05) is 20.6 Å². The van der Waals surface area contributed by atoms with Gasteiger partial charge in [-0.05, 0) is 30.9 Å². The Balaban J connectivity index is 2.39. The molecule has 0 amide bonds. The molecule has 3 nitrogen and oxygen atoms in total. The molecule has 0 radical (unpaired) electrons. The quantitative estimate of drug-likeness (QED) is 0.492. The summed E-state index contributed by atoms with van der Waals surface area (Å²) in [6.45, 7) is 3.24. The Bertz CT molecular complexity index is 484. The average molecular weight is 315 g/mol. The molecule has 0 aromatic heterocycles. The molecular weight excluding hydrogens is 291 g/mol. The van der Waals surface area contributed by atoms with Crippen LogP contribution in [0.2, 0.25) is 0 Å². The fourth-order valence-corrected chi connectivity index (χ4v) is 2.15. The van der Waals surface area contributed by atoms with E-state index < -0.39 is 12.6 Å². The largest absolute Gasteiger partial charge is 0.389 e. The number of aryl methyl sites for hydroxylation is 1. The molecule has 0 spiro atoms. The molecule has 0 bridgehead atoms. The van der Waals surface area contributed by atoms with E-state index in [1.54, 1.807) is 7.05 Å². The summed E-state index contributed by atoms with van der Waals surface area (Å²) in [5.74, 6) is 0.690. The molecule has 1 rings (SSSR count). The van der Waals surface area contributed by atoms with Gasteiger partial charge in [0.1, 0.15) is 0 Å². The summed E-state index contributed by atoms with van der Waals surface area (Å²) in [7, 11) is 3.59. The predicted molar refractivity (Wildman–Crippen MR) is 83.9 cm³/mol. The van der Waals surface area contributed by atoms with Gasteiger partial charge in [-0.15, -0.1) is 0 Å². The van der Waals surface area contributed by atoms with Crippen LogP contribution in [0.4, 0.5) is 13.2 Å². The highest BCUT2D eigenvalue weighted by atomic mass is 19.4. The second-order valence-electron chi connectivity index (χ2n) is 5.33. The van der Waals surface area contributed by atoms with Crippen molar-refractivity contribution in [3.05, 3.63) is 35.4 Å². The van der Waals surface area contributed by atoms with E-state index >= 15 is 0 Å². The van der Waals surface area contributed by atoms with E-state index in [2.05, 4.69) is 29.4 Å². The predicted octanol–water partition coefficient (Wildman–Crippen LogP) is 3.73. The number of aliphatic imine (C=N–C) groups is 1. The normalized spacial score (nSPS) is 12.4. The summed E-state index contributed by atoms with van der Waals surface area (Å²) in [5.41, 5.74) is 2.40. The Hall–Kier alpha value is -1.72. The maximum absolute atomic E-state index is 12.1. The minimum atomic E-state index is -4.07. The summed E-state index contributed by atoms with van der Waals surface area (Å²) < 4.78 is 36.2. The minimum absolute atomic E-state index is 0.134. The number of nitrogens with zero attached hydrogens (tertiary/aromatic N) is 2. The van der Waals surface area contributed by atoms with Gasteiger partial charge in [0.05, 0.1) is 0 Å². The zero-order valence-corrected chi connectivity index (χ0v) is 13.4. The SMILES string of the molecule is CN=C(NCCCCC(F)(F)F)N(C)Cc1ccccc1C. The summed E-state index contributed by atoms with van der Waals surface area (Å²) in [6.07, 6.45) is -4.19. The molecule has 0 atom stereocenters. The van der Waals surface area contributed by atoms with Gasteiger partial charge in [-0.3, -0.25) is 4.99 Å². The first-order chi connectivity index (χ1) is 10.3. The number of hydrogen-bond donors (Lipinski definition) is 1. The zero-order chi connectivity index (χ0) is 16.6. The first-order valence-corrected chi connectivity index (χ1v) is 7.36. The monoisotopic (exact) mass is 315 g/mol. The Kier molecular flexibility index (Phi) is 7.21. The lowest BCUT2D eigenvalue weighted by atomic mass is 10.1. The van der Waals surface area contributed by atoms with Crippen LogP contribution in [-0.2, 0) is 6.54 Å². The maximum Gasteiger partial charge on any atom is 0.389 e. The molecule has 0 saturated heterocycles. The number of nitrogens with one attached hydrogen (secondary N) is 1. The molecular formula is C16H24F3N3. The van der Waals surface area contributed by atoms with Gasteiger partial charge in [0.2, 0.25) is 0 Å². The van der Waals surface area contributed by atoms with Gasteiger partial charge in [-0.25, -0.2) is 0 Å². The van der Waals surface area contributed by atoms with Crippen molar-refractivity contribution in [3.63, 3.8) is 0 Å². The zero-order valence-electron chi connectivity index (χ0n) is 13.4. The Labute approximate surface area is 130 Å². The molecule has 22 heavy (non-hydrogen) atoms. The van der Waals surface area contributed by atoms with Crippen molar-refractivity contribution in [1.82, 2.24) is 10.2 Å². The Morgan fingerprint density at radius 2 is 1.91 bits per heavy atom. The van der Waals surface area contributed by atoms with Gasteiger partial charge < -0.3 is 10.2 Å². The van der Waals surface area contributed by atoms with Crippen molar-refractivity contribution in [2.45, 2.75) is 38.9 Å². The van der Waals surface area contributed by atoms with Crippen LogP contribution in [0.25, 0.3) is 0 Å². The van der Waals surface area contributed by atoms with Crippen molar-refractivity contribution in [2.24, 2.45) is 4.99 Å². The van der Waals surface area contributed by atoms with Crippen LogP contribution in [-0.4, -0.2) is 37.7 Å². The minimum Gasteiger partial charge on any atom is -0.356 e. The van der Waals surface area contributed by atoms with Gasteiger partial charge in [0, 0.05) is 33.6 Å². The molecule has 6 heteroatoms. The molecule has 0 saturated carbocycles. The lowest BCUT2D eigenvalue weighted by Gasteiger charge is -2.23. The molecule has 0 fully saturated rings. The van der Waals surface area contributed by atoms with Crippen LogP contribution in [0, 0.1) is 6.92 Å². The van der Waals surface area contributed by atoms with Crippen LogP contribution in [0.5, 0.6) is 0 Å². The van der Waals surface area contributed by atoms with E-state index in [1.165, 1.54) is 11.1 Å². The Morgan fingerprint density at radius 1 is 1.23 bits per heavy atom. The highest BCUT2D eigenvalue weighted by molar-refractivity contribution is 5.79. The van der Waals surface area contributed by atoms with Gasteiger partial charge in [0.15, 0.2) is 5.96 Å². The number of guanidine groups is 1. The number of rotatable bonds is 6. The van der Waals surface area contributed by atoms with Crippen molar-refractivity contribution in [3.8, 4) is 0 Å².